The summed E-state index contributed by atoms with van der Waals surface area (Å²) in [6.07, 6.45) is 4.85. The Morgan fingerprint density at radius 2 is 2.40 bits per heavy atom. The number of urea groups is 1. The number of nitrogens with zero attached hydrogens (tertiary/aromatic N) is 3. The van der Waals surface area contributed by atoms with Gasteiger partial charge in [-0.3, -0.25) is 9.48 Å². The van der Waals surface area contributed by atoms with Gasteiger partial charge in [-0.05, 0) is 12.8 Å². The SMILES string of the molecule is COC1CCCN(C(=O)Nc2cnn(CC(=O)O)c2)C1. The molecule has 0 aliphatic carbocycles. The predicted octanol–water partition coefficient (Wildman–Crippen LogP) is 0.610. The van der Waals surface area contributed by atoms with Crippen molar-refractivity contribution in [3.05, 3.63) is 12.4 Å². The lowest BCUT2D eigenvalue weighted by molar-refractivity contribution is -0.137. The predicted molar refractivity (Wildman–Crippen MR) is 70.5 cm³/mol. The molecule has 1 aromatic rings. The zero-order valence-corrected chi connectivity index (χ0v) is 11.3. The molecule has 0 radical (unpaired) electrons. The van der Waals surface area contributed by atoms with Crippen LogP contribution < -0.4 is 5.32 Å². The van der Waals surface area contributed by atoms with Crippen molar-refractivity contribution >= 4 is 17.7 Å². The maximum Gasteiger partial charge on any atom is 0.325 e. The second-order valence-electron chi connectivity index (χ2n) is 4.70. The first kappa shape index (κ1) is 14.3. The average Bonchev–Trinajstić information content (AvgIpc) is 2.85. The molecule has 1 aliphatic heterocycles. The number of carboxylic acids is 1. The van der Waals surface area contributed by atoms with Gasteiger partial charge in [0.25, 0.3) is 0 Å². The number of amides is 2. The average molecular weight is 282 g/mol. The van der Waals surface area contributed by atoms with E-state index in [1.54, 1.807) is 12.0 Å². The van der Waals surface area contributed by atoms with Gasteiger partial charge in [0.05, 0.1) is 18.0 Å². The van der Waals surface area contributed by atoms with Crippen molar-refractivity contribution in [2.75, 3.05) is 25.5 Å². The van der Waals surface area contributed by atoms with E-state index in [1.807, 2.05) is 0 Å². The second kappa shape index (κ2) is 6.38. The number of aliphatic carboxylic acids is 1. The second-order valence-corrected chi connectivity index (χ2v) is 4.70. The number of rotatable bonds is 4. The molecule has 2 N–H and O–H groups in total. The minimum absolute atomic E-state index is 0.0734. The molecule has 1 fully saturated rings. The molecule has 1 aromatic heterocycles. The standard InChI is InChI=1S/C12H18N4O4/c1-20-10-3-2-4-15(7-10)12(19)14-9-5-13-16(6-9)8-11(17)18/h5-6,10H,2-4,7-8H2,1H3,(H,14,19)(H,17,18). The maximum absolute atomic E-state index is 12.1. The van der Waals surface area contributed by atoms with E-state index in [0.29, 0.717) is 18.8 Å². The minimum Gasteiger partial charge on any atom is -0.480 e. The van der Waals surface area contributed by atoms with Crippen molar-refractivity contribution in [3.63, 3.8) is 0 Å². The van der Waals surface area contributed by atoms with Crippen molar-refractivity contribution in [2.45, 2.75) is 25.5 Å². The highest BCUT2D eigenvalue weighted by atomic mass is 16.5. The van der Waals surface area contributed by atoms with Crippen LogP contribution in [0.2, 0.25) is 0 Å². The molecule has 20 heavy (non-hydrogen) atoms. The fourth-order valence-electron chi connectivity index (χ4n) is 2.17. The molecule has 0 saturated carbocycles. The van der Waals surface area contributed by atoms with E-state index in [2.05, 4.69) is 10.4 Å². The molecule has 8 nitrogen and oxygen atoms in total. The van der Waals surface area contributed by atoms with E-state index in [1.165, 1.54) is 17.1 Å². The summed E-state index contributed by atoms with van der Waals surface area (Å²) < 4.78 is 6.52. The molecular formula is C12H18N4O4. The topological polar surface area (TPSA) is 96.7 Å². The Kier molecular flexibility index (Phi) is 4.57. The third kappa shape index (κ3) is 3.70. The molecule has 2 rings (SSSR count). The van der Waals surface area contributed by atoms with Gasteiger partial charge >= 0.3 is 12.0 Å². The number of carboxylic acid groups (broad SMARTS) is 1. The number of hydrogen-bond acceptors (Lipinski definition) is 4. The first-order chi connectivity index (χ1) is 9.58. The highest BCUT2D eigenvalue weighted by Crippen LogP contribution is 2.14. The molecule has 2 amide bonds. The van der Waals surface area contributed by atoms with Crippen LogP contribution in [0.3, 0.4) is 0 Å². The third-order valence-corrected chi connectivity index (χ3v) is 3.18. The van der Waals surface area contributed by atoms with E-state index in [9.17, 15) is 9.59 Å². The van der Waals surface area contributed by atoms with Gasteiger partial charge in [-0.15, -0.1) is 0 Å². The first-order valence-electron chi connectivity index (χ1n) is 6.41. The van der Waals surface area contributed by atoms with Crippen molar-refractivity contribution in [1.29, 1.82) is 0 Å². The largest absolute Gasteiger partial charge is 0.480 e. The summed E-state index contributed by atoms with van der Waals surface area (Å²) in [7, 11) is 1.64. The Labute approximate surface area is 116 Å². The molecule has 2 heterocycles. The van der Waals surface area contributed by atoms with Crippen molar-refractivity contribution < 1.29 is 19.4 Å². The zero-order valence-electron chi connectivity index (χ0n) is 11.3. The van der Waals surface area contributed by atoms with E-state index < -0.39 is 5.97 Å². The van der Waals surface area contributed by atoms with Crippen LogP contribution >= 0.6 is 0 Å². The first-order valence-corrected chi connectivity index (χ1v) is 6.41. The molecular weight excluding hydrogens is 264 g/mol. The van der Waals surface area contributed by atoms with Crippen LogP contribution in [0.1, 0.15) is 12.8 Å². The molecule has 8 heteroatoms. The maximum atomic E-state index is 12.1. The number of carbonyl (C=O) groups excluding carboxylic acids is 1. The number of methoxy groups -OCH3 is 1. The van der Waals surface area contributed by atoms with Crippen LogP contribution in [0.4, 0.5) is 10.5 Å². The quantitative estimate of drug-likeness (QED) is 0.843. The Hall–Kier alpha value is -2.09. The van der Waals surface area contributed by atoms with Crippen LogP contribution in [0, 0.1) is 0 Å². The van der Waals surface area contributed by atoms with Gasteiger partial charge in [0, 0.05) is 26.4 Å². The van der Waals surface area contributed by atoms with Gasteiger partial charge in [0.15, 0.2) is 0 Å². The Bertz CT molecular complexity index is 488. The smallest absolute Gasteiger partial charge is 0.325 e. The number of ether oxygens (including phenoxy) is 1. The lowest BCUT2D eigenvalue weighted by Gasteiger charge is -2.31. The number of aromatic nitrogens is 2. The highest BCUT2D eigenvalue weighted by molar-refractivity contribution is 5.89. The molecule has 1 atom stereocenters. The van der Waals surface area contributed by atoms with E-state index in [4.69, 9.17) is 9.84 Å². The summed E-state index contributed by atoms with van der Waals surface area (Å²) in [5.74, 6) is -0.982. The van der Waals surface area contributed by atoms with Crippen molar-refractivity contribution in [3.8, 4) is 0 Å². The Morgan fingerprint density at radius 3 is 3.10 bits per heavy atom. The van der Waals surface area contributed by atoms with Crippen LogP contribution in [-0.2, 0) is 16.1 Å². The normalized spacial score (nSPS) is 18.9. The molecule has 0 spiro atoms. The minimum atomic E-state index is -0.982. The zero-order chi connectivity index (χ0) is 14.5. The molecule has 1 saturated heterocycles. The Balaban J connectivity index is 1.90. The number of carbonyl (C=O) groups is 2. The number of anilines is 1. The summed E-state index contributed by atoms with van der Waals surface area (Å²) in [4.78, 5) is 24.3. The molecule has 0 bridgehead atoms. The Morgan fingerprint density at radius 1 is 1.60 bits per heavy atom. The van der Waals surface area contributed by atoms with Crippen LogP contribution in [-0.4, -0.2) is 58.1 Å². The fourth-order valence-corrected chi connectivity index (χ4v) is 2.17. The summed E-state index contributed by atoms with van der Waals surface area (Å²) in [5, 5.41) is 15.2. The lowest BCUT2D eigenvalue weighted by Crippen LogP contribution is -2.44. The van der Waals surface area contributed by atoms with Crippen LogP contribution in [0.25, 0.3) is 0 Å². The van der Waals surface area contributed by atoms with Crippen LogP contribution in [0.15, 0.2) is 12.4 Å². The fraction of sp³-hybridized carbons (Fsp3) is 0.583. The monoisotopic (exact) mass is 282 g/mol. The van der Waals surface area contributed by atoms with E-state index in [-0.39, 0.29) is 18.7 Å². The molecule has 0 aromatic carbocycles. The molecule has 1 aliphatic rings. The number of piperidine rings is 1. The van der Waals surface area contributed by atoms with Crippen molar-refractivity contribution in [2.24, 2.45) is 0 Å². The molecule has 1 unspecified atom stereocenters. The van der Waals surface area contributed by atoms with E-state index in [0.717, 1.165) is 12.8 Å². The van der Waals surface area contributed by atoms with Gasteiger partial charge in [-0.1, -0.05) is 0 Å². The van der Waals surface area contributed by atoms with E-state index >= 15 is 0 Å². The summed E-state index contributed by atoms with van der Waals surface area (Å²) in [6, 6.07) is -0.221. The van der Waals surface area contributed by atoms with Crippen molar-refractivity contribution in [1.82, 2.24) is 14.7 Å². The van der Waals surface area contributed by atoms with Crippen LogP contribution in [0.5, 0.6) is 0 Å². The number of nitrogens with one attached hydrogen (secondary N) is 1. The summed E-state index contributed by atoms with van der Waals surface area (Å²) >= 11 is 0. The van der Waals surface area contributed by atoms with Gasteiger partial charge in [0.1, 0.15) is 6.54 Å². The molecule has 110 valence electrons. The summed E-state index contributed by atoms with van der Waals surface area (Å²) in [5.41, 5.74) is 0.482. The van der Waals surface area contributed by atoms with Gasteiger partial charge < -0.3 is 20.1 Å². The lowest BCUT2D eigenvalue weighted by atomic mass is 10.1. The third-order valence-electron chi connectivity index (χ3n) is 3.18. The van der Waals surface area contributed by atoms with Gasteiger partial charge in [-0.2, -0.15) is 5.10 Å². The highest BCUT2D eigenvalue weighted by Gasteiger charge is 2.23. The number of hydrogen-bond donors (Lipinski definition) is 2. The number of likely N-dealkylation sites (tertiary alicyclic amines) is 1. The van der Waals surface area contributed by atoms with Gasteiger partial charge in [-0.25, -0.2) is 4.79 Å². The summed E-state index contributed by atoms with van der Waals surface area (Å²) in [6.45, 7) is 1.02. The van der Waals surface area contributed by atoms with Gasteiger partial charge in [0.2, 0.25) is 0 Å².